The summed E-state index contributed by atoms with van der Waals surface area (Å²) in [5.41, 5.74) is 0.513. The topological polar surface area (TPSA) is 58.6 Å². The standard InChI is InChI=1S/C16H17F2NO3S/c1-10-2-7-13(23-10)8-15(21)19-9-14(20)11-3-5-12(6-4-11)22-16(17)18/h2-7,14,16,20H,8-9H2,1H3,(H,19,21). The Kier molecular flexibility index (Phi) is 6.06. The zero-order valence-corrected chi connectivity index (χ0v) is 13.3. The number of aliphatic hydroxyl groups excluding tert-OH is 1. The zero-order chi connectivity index (χ0) is 16.8. The smallest absolute Gasteiger partial charge is 0.387 e. The molecule has 0 fully saturated rings. The first-order valence-corrected chi connectivity index (χ1v) is 7.80. The molecule has 1 aromatic carbocycles. The second-order valence-corrected chi connectivity index (χ2v) is 6.33. The lowest BCUT2D eigenvalue weighted by Gasteiger charge is -2.13. The lowest BCUT2D eigenvalue weighted by Crippen LogP contribution is -2.29. The van der Waals surface area contributed by atoms with E-state index >= 15 is 0 Å². The number of ether oxygens (including phenoxy) is 1. The molecule has 1 atom stereocenters. The highest BCUT2D eigenvalue weighted by Gasteiger charge is 2.11. The van der Waals surface area contributed by atoms with Gasteiger partial charge in [0.2, 0.25) is 5.91 Å². The van der Waals surface area contributed by atoms with E-state index in [1.807, 2.05) is 19.1 Å². The number of benzene rings is 1. The molecule has 1 aromatic heterocycles. The van der Waals surface area contributed by atoms with Gasteiger partial charge in [0.15, 0.2) is 0 Å². The van der Waals surface area contributed by atoms with Gasteiger partial charge in [0.05, 0.1) is 12.5 Å². The summed E-state index contributed by atoms with van der Waals surface area (Å²) in [5.74, 6) is -0.156. The Bertz CT molecular complexity index is 643. The molecule has 1 heterocycles. The van der Waals surface area contributed by atoms with E-state index in [1.54, 1.807) is 11.3 Å². The Morgan fingerprint density at radius 2 is 1.96 bits per heavy atom. The molecule has 2 aromatic rings. The van der Waals surface area contributed by atoms with Crippen molar-refractivity contribution in [2.45, 2.75) is 26.1 Å². The molecule has 0 bridgehead atoms. The average molecular weight is 341 g/mol. The summed E-state index contributed by atoms with van der Waals surface area (Å²) in [6.45, 7) is -0.860. The van der Waals surface area contributed by atoms with Crippen molar-refractivity contribution < 1.29 is 23.4 Å². The predicted molar refractivity (Wildman–Crippen MR) is 83.8 cm³/mol. The molecule has 23 heavy (non-hydrogen) atoms. The van der Waals surface area contributed by atoms with Crippen LogP contribution in [0.2, 0.25) is 0 Å². The Balaban J connectivity index is 1.81. The van der Waals surface area contributed by atoms with Gasteiger partial charge in [0, 0.05) is 16.3 Å². The van der Waals surface area contributed by atoms with Gasteiger partial charge in [0.25, 0.3) is 0 Å². The average Bonchev–Trinajstić information content (AvgIpc) is 2.90. The van der Waals surface area contributed by atoms with E-state index in [-0.39, 0.29) is 24.6 Å². The van der Waals surface area contributed by atoms with Gasteiger partial charge in [-0.25, -0.2) is 0 Å². The number of amides is 1. The molecule has 1 unspecified atom stereocenters. The highest BCUT2D eigenvalue weighted by atomic mass is 32.1. The molecule has 2 N–H and O–H groups in total. The Morgan fingerprint density at radius 1 is 1.26 bits per heavy atom. The Hall–Kier alpha value is -1.99. The van der Waals surface area contributed by atoms with Gasteiger partial charge in [-0.05, 0) is 36.8 Å². The third kappa shape index (κ3) is 5.61. The van der Waals surface area contributed by atoms with E-state index in [9.17, 15) is 18.7 Å². The second kappa shape index (κ2) is 8.03. The van der Waals surface area contributed by atoms with E-state index in [0.717, 1.165) is 9.75 Å². The molecule has 2 rings (SSSR count). The number of carbonyl (C=O) groups excluding carboxylic acids is 1. The van der Waals surface area contributed by atoms with Crippen LogP contribution in [0.4, 0.5) is 8.78 Å². The minimum Gasteiger partial charge on any atom is -0.435 e. The number of thiophene rings is 1. The maximum absolute atomic E-state index is 12.1. The summed E-state index contributed by atoms with van der Waals surface area (Å²) < 4.78 is 28.3. The normalized spacial score (nSPS) is 12.2. The molecule has 0 spiro atoms. The van der Waals surface area contributed by atoms with Crippen molar-refractivity contribution in [2.24, 2.45) is 0 Å². The number of hydrogen-bond acceptors (Lipinski definition) is 4. The van der Waals surface area contributed by atoms with Crippen LogP contribution in [0, 0.1) is 6.92 Å². The van der Waals surface area contributed by atoms with Crippen LogP contribution in [-0.4, -0.2) is 24.2 Å². The van der Waals surface area contributed by atoms with Gasteiger partial charge >= 0.3 is 6.61 Å². The highest BCUT2D eigenvalue weighted by molar-refractivity contribution is 7.12. The number of carbonyl (C=O) groups is 1. The van der Waals surface area contributed by atoms with Crippen LogP contribution < -0.4 is 10.1 Å². The lowest BCUT2D eigenvalue weighted by atomic mass is 10.1. The zero-order valence-electron chi connectivity index (χ0n) is 12.5. The van der Waals surface area contributed by atoms with Crippen molar-refractivity contribution in [3.05, 3.63) is 51.7 Å². The van der Waals surface area contributed by atoms with Gasteiger partial charge in [-0.3, -0.25) is 4.79 Å². The largest absolute Gasteiger partial charge is 0.435 e. The first-order chi connectivity index (χ1) is 10.9. The van der Waals surface area contributed by atoms with Crippen LogP contribution in [0.25, 0.3) is 0 Å². The van der Waals surface area contributed by atoms with Gasteiger partial charge in [-0.2, -0.15) is 8.78 Å². The van der Waals surface area contributed by atoms with Crippen molar-refractivity contribution in [3.63, 3.8) is 0 Å². The maximum atomic E-state index is 12.1. The summed E-state index contributed by atoms with van der Waals surface area (Å²) >= 11 is 1.55. The van der Waals surface area contributed by atoms with Crippen LogP contribution in [0.1, 0.15) is 21.4 Å². The van der Waals surface area contributed by atoms with Crippen LogP contribution in [-0.2, 0) is 11.2 Å². The molecule has 124 valence electrons. The Morgan fingerprint density at radius 3 is 2.52 bits per heavy atom. The molecule has 4 nitrogen and oxygen atoms in total. The monoisotopic (exact) mass is 341 g/mol. The molecule has 0 aliphatic heterocycles. The van der Waals surface area contributed by atoms with E-state index in [2.05, 4.69) is 10.1 Å². The van der Waals surface area contributed by atoms with E-state index < -0.39 is 12.7 Å². The van der Waals surface area contributed by atoms with E-state index in [4.69, 9.17) is 0 Å². The molecule has 0 saturated heterocycles. The van der Waals surface area contributed by atoms with Gasteiger partial charge < -0.3 is 15.2 Å². The summed E-state index contributed by atoms with van der Waals surface area (Å²) in [5, 5.41) is 12.7. The quantitative estimate of drug-likeness (QED) is 0.814. The first kappa shape index (κ1) is 17.4. The van der Waals surface area contributed by atoms with Crippen molar-refractivity contribution >= 4 is 17.2 Å². The SMILES string of the molecule is Cc1ccc(CC(=O)NCC(O)c2ccc(OC(F)F)cc2)s1. The third-order valence-corrected chi connectivity index (χ3v) is 4.11. The fourth-order valence-corrected chi connectivity index (χ4v) is 2.89. The number of rotatable bonds is 7. The van der Waals surface area contributed by atoms with Crippen LogP contribution in [0.15, 0.2) is 36.4 Å². The first-order valence-electron chi connectivity index (χ1n) is 6.99. The van der Waals surface area contributed by atoms with Crippen molar-refractivity contribution in [2.75, 3.05) is 6.54 Å². The highest BCUT2D eigenvalue weighted by Crippen LogP contribution is 2.19. The van der Waals surface area contributed by atoms with E-state index in [1.165, 1.54) is 24.3 Å². The van der Waals surface area contributed by atoms with Gasteiger partial charge in [-0.15, -0.1) is 11.3 Å². The van der Waals surface area contributed by atoms with Crippen LogP contribution in [0.3, 0.4) is 0 Å². The summed E-state index contributed by atoms with van der Waals surface area (Å²) in [7, 11) is 0. The maximum Gasteiger partial charge on any atom is 0.387 e. The number of alkyl halides is 2. The number of halogens is 2. The molecule has 7 heteroatoms. The summed E-state index contributed by atoms with van der Waals surface area (Å²) in [6, 6.07) is 9.51. The third-order valence-electron chi connectivity index (χ3n) is 3.11. The molecule has 1 amide bonds. The Labute approximate surface area is 136 Å². The number of hydrogen-bond donors (Lipinski definition) is 2. The minimum absolute atomic E-state index is 0.0213. The molecule has 0 aliphatic rings. The number of aryl methyl sites for hydroxylation is 1. The second-order valence-electron chi connectivity index (χ2n) is 4.96. The van der Waals surface area contributed by atoms with Crippen LogP contribution >= 0.6 is 11.3 Å². The lowest BCUT2D eigenvalue weighted by molar-refractivity contribution is -0.120. The van der Waals surface area contributed by atoms with Crippen molar-refractivity contribution in [1.29, 1.82) is 0 Å². The van der Waals surface area contributed by atoms with Crippen LogP contribution in [0.5, 0.6) is 5.75 Å². The number of nitrogens with one attached hydrogen (secondary N) is 1. The fourth-order valence-electron chi connectivity index (χ4n) is 2.00. The molecular formula is C16H17F2NO3S. The molecule has 0 aliphatic carbocycles. The van der Waals surface area contributed by atoms with Gasteiger partial charge in [0.1, 0.15) is 5.75 Å². The molecule has 0 radical (unpaired) electrons. The van der Waals surface area contributed by atoms with Crippen molar-refractivity contribution in [1.82, 2.24) is 5.32 Å². The molecule has 0 saturated carbocycles. The molecular weight excluding hydrogens is 324 g/mol. The summed E-state index contributed by atoms with van der Waals surface area (Å²) in [4.78, 5) is 13.9. The van der Waals surface area contributed by atoms with E-state index in [0.29, 0.717) is 5.56 Å². The van der Waals surface area contributed by atoms with Gasteiger partial charge in [-0.1, -0.05) is 12.1 Å². The minimum atomic E-state index is -2.88. The summed E-state index contributed by atoms with van der Waals surface area (Å²) in [6.07, 6.45) is -0.642. The number of aliphatic hydroxyl groups is 1. The predicted octanol–water partition coefficient (Wildman–Crippen LogP) is 3.05. The fraction of sp³-hybridized carbons (Fsp3) is 0.312. The van der Waals surface area contributed by atoms with Crippen molar-refractivity contribution in [3.8, 4) is 5.75 Å².